The largest absolute Gasteiger partial charge is 0.481 e. The lowest BCUT2D eigenvalue weighted by molar-refractivity contribution is -0.148. The molecule has 0 bridgehead atoms. The molecule has 49 heavy (non-hydrogen) atoms. The summed E-state index contributed by atoms with van der Waals surface area (Å²) in [6.45, 7) is 3.40. The predicted octanol–water partition coefficient (Wildman–Crippen LogP) is -5.44. The molecule has 6 amide bonds. The number of carboxylic acid groups (broad SMARTS) is 2. The Morgan fingerprint density at radius 2 is 1.06 bits per heavy atom. The highest BCUT2D eigenvalue weighted by atomic mass is 16.4. The van der Waals surface area contributed by atoms with Crippen molar-refractivity contribution in [2.45, 2.75) is 94.6 Å². The van der Waals surface area contributed by atoms with Crippen LogP contribution in [0.1, 0.15) is 39.2 Å². The second-order valence-corrected chi connectivity index (χ2v) is 11.2. The molecule has 0 aliphatic heterocycles. The minimum absolute atomic E-state index is 0.260. The third kappa shape index (κ3) is 14.2. The van der Waals surface area contributed by atoms with Crippen LogP contribution in [0.15, 0.2) is 30.3 Å². The Morgan fingerprint density at radius 3 is 1.49 bits per heavy atom. The van der Waals surface area contributed by atoms with Crippen molar-refractivity contribution in [3.63, 3.8) is 0 Å². The molecule has 9 atom stereocenters. The van der Waals surface area contributed by atoms with Crippen LogP contribution < -0.4 is 38.1 Å². The standard InChI is InChI=1S/C29H43N7O13/c1-12(37)21(31)26(45)36-23(14(3)39)27(46)33-17(10-19(30)40)24(43)32-16(9-15-7-5-4-6-8-15)25(44)35-22(13(2)38)28(47)34-18(29(48)49)11-20(41)42/h4-8,12-14,16-18,21-23,37-39H,9-11,31H2,1-3H3,(H2,30,40)(H,32,43)(H,33,46)(H,34,47)(H,35,44)(H,36,45)(H,41,42)(H,48,49)/t12-,13-,14-,16+,17+,18+,21+,22+,23+/m1/s1. The Kier molecular flexibility index (Phi) is 16.7. The number of carboxylic acids is 2. The summed E-state index contributed by atoms with van der Waals surface area (Å²) in [5.74, 6) is -10.1. The Morgan fingerprint density at radius 1 is 0.612 bits per heavy atom. The van der Waals surface area contributed by atoms with Crippen molar-refractivity contribution in [3.8, 4) is 0 Å². The van der Waals surface area contributed by atoms with Crippen LogP contribution in [-0.4, -0.2) is 127 Å². The molecule has 14 N–H and O–H groups in total. The second-order valence-electron chi connectivity index (χ2n) is 11.2. The van der Waals surface area contributed by atoms with Crippen LogP contribution in [0.3, 0.4) is 0 Å². The van der Waals surface area contributed by atoms with Gasteiger partial charge in [-0.2, -0.15) is 0 Å². The zero-order valence-electron chi connectivity index (χ0n) is 26.9. The van der Waals surface area contributed by atoms with E-state index in [2.05, 4.69) is 21.3 Å². The van der Waals surface area contributed by atoms with Crippen molar-refractivity contribution in [2.75, 3.05) is 0 Å². The van der Waals surface area contributed by atoms with Crippen LogP contribution in [0.4, 0.5) is 0 Å². The highest BCUT2D eigenvalue weighted by Gasteiger charge is 2.36. The monoisotopic (exact) mass is 697 g/mol. The lowest BCUT2D eigenvalue weighted by atomic mass is 10.0. The van der Waals surface area contributed by atoms with Gasteiger partial charge in [0.15, 0.2) is 0 Å². The van der Waals surface area contributed by atoms with E-state index in [9.17, 15) is 58.8 Å². The number of aliphatic carboxylic acids is 2. The van der Waals surface area contributed by atoms with Gasteiger partial charge >= 0.3 is 11.9 Å². The number of carbonyl (C=O) groups excluding carboxylic acids is 6. The molecule has 0 spiro atoms. The Labute approximate surface area is 280 Å². The quantitative estimate of drug-likeness (QED) is 0.0605. The van der Waals surface area contributed by atoms with Gasteiger partial charge in [0.05, 0.1) is 31.2 Å². The van der Waals surface area contributed by atoms with Gasteiger partial charge in [-0.3, -0.25) is 33.6 Å². The predicted molar refractivity (Wildman–Crippen MR) is 167 cm³/mol. The van der Waals surface area contributed by atoms with Crippen LogP contribution in [0.25, 0.3) is 0 Å². The number of rotatable bonds is 20. The molecule has 0 radical (unpaired) electrons. The fourth-order valence-electron chi connectivity index (χ4n) is 4.17. The van der Waals surface area contributed by atoms with E-state index in [1.807, 2.05) is 5.32 Å². The SMILES string of the molecule is C[C@@H](O)[C@H](N)C(=O)N[C@H](C(=O)N[C@@H](CC(N)=O)C(=O)N[C@@H](Cc1ccccc1)C(=O)N[C@H](C(=O)N[C@@H](CC(=O)O)C(=O)O)[C@@H](C)O)[C@@H](C)O. The van der Waals surface area contributed by atoms with Crippen LogP contribution in [0.5, 0.6) is 0 Å². The van der Waals surface area contributed by atoms with Crippen LogP contribution in [0, 0.1) is 0 Å². The maximum absolute atomic E-state index is 13.5. The average Bonchev–Trinajstić information content (AvgIpc) is 3.00. The Hall–Kier alpha value is -5.18. The van der Waals surface area contributed by atoms with E-state index in [1.165, 1.54) is 6.92 Å². The van der Waals surface area contributed by atoms with Gasteiger partial charge in [-0.15, -0.1) is 0 Å². The number of benzene rings is 1. The summed E-state index contributed by atoms with van der Waals surface area (Å²) in [7, 11) is 0. The number of aliphatic hydroxyl groups is 3. The molecule has 1 aromatic carbocycles. The van der Waals surface area contributed by atoms with Crippen molar-refractivity contribution >= 4 is 47.4 Å². The molecule has 0 fully saturated rings. The Bertz CT molecular complexity index is 1360. The summed E-state index contributed by atoms with van der Waals surface area (Å²) in [4.78, 5) is 99.5. The lowest BCUT2D eigenvalue weighted by Gasteiger charge is -2.28. The van der Waals surface area contributed by atoms with Crippen LogP contribution in [-0.2, 0) is 44.8 Å². The van der Waals surface area contributed by atoms with Gasteiger partial charge in [0.2, 0.25) is 35.4 Å². The van der Waals surface area contributed by atoms with Crippen molar-refractivity contribution in [2.24, 2.45) is 11.5 Å². The number of nitrogens with one attached hydrogen (secondary N) is 5. The topological polar surface area (TPSA) is 350 Å². The second kappa shape index (κ2) is 19.6. The normalized spacial score (nSPS) is 16.5. The number of amides is 6. The zero-order chi connectivity index (χ0) is 37.6. The molecule has 0 saturated heterocycles. The van der Waals surface area contributed by atoms with E-state index in [4.69, 9.17) is 16.6 Å². The zero-order valence-corrected chi connectivity index (χ0v) is 26.9. The van der Waals surface area contributed by atoms with E-state index in [0.29, 0.717) is 5.56 Å². The van der Waals surface area contributed by atoms with Gasteiger partial charge in [-0.05, 0) is 26.3 Å². The van der Waals surface area contributed by atoms with E-state index in [1.54, 1.807) is 30.3 Å². The molecule has 0 heterocycles. The smallest absolute Gasteiger partial charge is 0.326 e. The first-order valence-corrected chi connectivity index (χ1v) is 14.8. The summed E-state index contributed by atoms with van der Waals surface area (Å²) in [5.41, 5.74) is 11.3. The summed E-state index contributed by atoms with van der Waals surface area (Å²) in [6.07, 6.45) is -6.67. The van der Waals surface area contributed by atoms with Gasteiger partial charge in [0.25, 0.3) is 0 Å². The van der Waals surface area contributed by atoms with Crippen molar-refractivity contribution in [3.05, 3.63) is 35.9 Å². The summed E-state index contributed by atoms with van der Waals surface area (Å²) < 4.78 is 0. The van der Waals surface area contributed by atoms with E-state index in [-0.39, 0.29) is 6.42 Å². The third-order valence-corrected chi connectivity index (χ3v) is 6.89. The molecule has 20 heteroatoms. The average molecular weight is 698 g/mol. The van der Waals surface area contributed by atoms with Gasteiger partial charge < -0.3 is 63.6 Å². The molecule has 0 aliphatic carbocycles. The first-order valence-electron chi connectivity index (χ1n) is 14.8. The van der Waals surface area contributed by atoms with Gasteiger partial charge in [0.1, 0.15) is 36.3 Å². The highest BCUT2D eigenvalue weighted by molar-refractivity contribution is 5.98. The lowest BCUT2D eigenvalue weighted by Crippen LogP contribution is -2.62. The molecule has 1 rings (SSSR count). The highest BCUT2D eigenvalue weighted by Crippen LogP contribution is 2.07. The minimum atomic E-state index is -1.92. The first-order chi connectivity index (χ1) is 22.7. The van der Waals surface area contributed by atoms with Gasteiger partial charge in [-0.1, -0.05) is 30.3 Å². The molecule has 272 valence electrons. The number of hydrogen-bond acceptors (Lipinski definition) is 12. The number of primary amides is 1. The van der Waals surface area contributed by atoms with Gasteiger partial charge in [-0.25, -0.2) is 4.79 Å². The van der Waals surface area contributed by atoms with Crippen LogP contribution >= 0.6 is 0 Å². The van der Waals surface area contributed by atoms with E-state index < -0.39 is 115 Å². The molecule has 0 unspecified atom stereocenters. The van der Waals surface area contributed by atoms with E-state index in [0.717, 1.165) is 13.8 Å². The van der Waals surface area contributed by atoms with Gasteiger partial charge in [0, 0.05) is 6.42 Å². The fraction of sp³-hybridized carbons (Fsp3) is 0.517. The molecule has 1 aromatic rings. The first kappa shape index (κ1) is 41.8. The Balaban J connectivity index is 3.34. The summed E-state index contributed by atoms with van der Waals surface area (Å²) >= 11 is 0. The van der Waals surface area contributed by atoms with Crippen molar-refractivity contribution < 1.29 is 63.9 Å². The summed E-state index contributed by atoms with van der Waals surface area (Å²) in [6, 6.07) is -2.33. The molecule has 0 aromatic heterocycles. The van der Waals surface area contributed by atoms with Crippen molar-refractivity contribution in [1.82, 2.24) is 26.6 Å². The maximum Gasteiger partial charge on any atom is 0.326 e. The molecule has 0 aliphatic rings. The number of nitrogens with two attached hydrogens (primary N) is 2. The number of carbonyl (C=O) groups is 8. The molecule has 20 nitrogen and oxygen atoms in total. The summed E-state index contributed by atoms with van der Waals surface area (Å²) in [5, 5.41) is 58.9. The van der Waals surface area contributed by atoms with Crippen LogP contribution in [0.2, 0.25) is 0 Å². The third-order valence-electron chi connectivity index (χ3n) is 6.89. The number of hydrogen-bond donors (Lipinski definition) is 12. The maximum atomic E-state index is 13.5. The molecular weight excluding hydrogens is 654 g/mol. The fourth-order valence-corrected chi connectivity index (χ4v) is 4.17. The number of aliphatic hydroxyl groups excluding tert-OH is 3. The van der Waals surface area contributed by atoms with Crippen molar-refractivity contribution in [1.29, 1.82) is 0 Å². The minimum Gasteiger partial charge on any atom is -0.481 e. The molecule has 0 saturated carbocycles. The molecular formula is C29H43N7O13. The van der Waals surface area contributed by atoms with E-state index >= 15 is 0 Å².